The molecule has 86 valence electrons. The molecule has 1 N–H and O–H groups in total. The number of benzene rings is 1. The maximum absolute atomic E-state index is 6.01. The molecule has 1 aromatic carbocycles. The first-order valence-electron chi connectivity index (χ1n) is 6.34. The van der Waals surface area contributed by atoms with Gasteiger partial charge in [0.2, 0.25) is 0 Å². The minimum absolute atomic E-state index is 0.577. The van der Waals surface area contributed by atoms with Crippen molar-refractivity contribution in [1.82, 2.24) is 5.32 Å². The van der Waals surface area contributed by atoms with Gasteiger partial charge in [-0.2, -0.15) is 0 Å². The van der Waals surface area contributed by atoms with Gasteiger partial charge in [-0.05, 0) is 61.4 Å². The summed E-state index contributed by atoms with van der Waals surface area (Å²) in [5.74, 6) is 0.941. The lowest BCUT2D eigenvalue weighted by molar-refractivity contribution is 0.289. The number of fused-ring (bicyclic) bond motifs is 1. The third kappa shape index (κ3) is 1.99. The van der Waals surface area contributed by atoms with Crippen molar-refractivity contribution in [2.45, 2.75) is 38.1 Å². The summed E-state index contributed by atoms with van der Waals surface area (Å²) >= 11 is 6.01. The number of aryl methyl sites for hydroxylation is 1. The zero-order valence-electron chi connectivity index (χ0n) is 9.51. The molecule has 1 aromatic rings. The second kappa shape index (κ2) is 4.38. The van der Waals surface area contributed by atoms with E-state index in [1.165, 1.54) is 49.8 Å². The third-order valence-corrected chi connectivity index (χ3v) is 4.30. The van der Waals surface area contributed by atoms with E-state index in [0.717, 1.165) is 10.9 Å². The maximum atomic E-state index is 6.01. The molecule has 2 heteroatoms. The number of rotatable bonds is 3. The fourth-order valence-corrected chi connectivity index (χ4v) is 3.00. The molecule has 0 radical (unpaired) electrons. The molecular weight excluding hydrogens is 218 g/mol. The Labute approximate surface area is 102 Å². The molecule has 0 aliphatic heterocycles. The molecule has 0 aromatic heterocycles. The van der Waals surface area contributed by atoms with Crippen LogP contribution in [0.25, 0.3) is 0 Å². The summed E-state index contributed by atoms with van der Waals surface area (Å²) in [5, 5.41) is 4.59. The summed E-state index contributed by atoms with van der Waals surface area (Å²) in [4.78, 5) is 0. The highest BCUT2D eigenvalue weighted by Crippen LogP contribution is 2.34. The van der Waals surface area contributed by atoms with Gasteiger partial charge in [0.05, 0.1) is 0 Å². The Morgan fingerprint density at radius 1 is 1.25 bits per heavy atom. The highest BCUT2D eigenvalue weighted by Gasteiger charge is 2.24. The Hall–Kier alpha value is -0.530. The predicted molar refractivity (Wildman–Crippen MR) is 67.9 cm³/mol. The van der Waals surface area contributed by atoms with Gasteiger partial charge in [-0.25, -0.2) is 0 Å². The van der Waals surface area contributed by atoms with Gasteiger partial charge in [0.25, 0.3) is 0 Å². The largest absolute Gasteiger partial charge is 0.310 e. The van der Waals surface area contributed by atoms with Crippen LogP contribution in [0.5, 0.6) is 0 Å². The molecule has 1 nitrogen and oxygen atoms in total. The first-order chi connectivity index (χ1) is 7.83. The fraction of sp³-hybridized carbons (Fsp3) is 0.571. The second-order valence-electron chi connectivity index (χ2n) is 5.14. The average molecular weight is 236 g/mol. The Morgan fingerprint density at radius 3 is 2.88 bits per heavy atom. The summed E-state index contributed by atoms with van der Waals surface area (Å²) in [6.07, 6.45) is 6.70. The summed E-state index contributed by atoms with van der Waals surface area (Å²) in [7, 11) is 0. The van der Waals surface area contributed by atoms with Gasteiger partial charge in [0.15, 0.2) is 0 Å². The van der Waals surface area contributed by atoms with E-state index < -0.39 is 0 Å². The summed E-state index contributed by atoms with van der Waals surface area (Å²) < 4.78 is 0. The lowest BCUT2D eigenvalue weighted by Crippen LogP contribution is -2.29. The first-order valence-corrected chi connectivity index (χ1v) is 6.72. The first kappa shape index (κ1) is 10.6. The smallest absolute Gasteiger partial charge is 0.0408 e. The summed E-state index contributed by atoms with van der Waals surface area (Å²) in [5.41, 5.74) is 2.92. The second-order valence-corrected chi connectivity index (χ2v) is 5.58. The molecule has 0 spiro atoms. The zero-order valence-corrected chi connectivity index (χ0v) is 10.3. The van der Waals surface area contributed by atoms with Gasteiger partial charge in [-0.15, -0.1) is 0 Å². The van der Waals surface area contributed by atoms with Gasteiger partial charge in [0.1, 0.15) is 0 Å². The van der Waals surface area contributed by atoms with Gasteiger partial charge >= 0.3 is 0 Å². The normalized spacial score (nSPS) is 24.2. The van der Waals surface area contributed by atoms with Crippen molar-refractivity contribution in [2.75, 3.05) is 6.54 Å². The van der Waals surface area contributed by atoms with E-state index in [9.17, 15) is 0 Å². The van der Waals surface area contributed by atoms with Crippen LogP contribution < -0.4 is 5.32 Å². The summed E-state index contributed by atoms with van der Waals surface area (Å²) in [6, 6.07) is 6.92. The molecule has 0 bridgehead atoms. The molecule has 3 rings (SSSR count). The maximum Gasteiger partial charge on any atom is 0.0408 e. The van der Waals surface area contributed by atoms with Crippen LogP contribution in [-0.2, 0) is 6.42 Å². The van der Waals surface area contributed by atoms with E-state index >= 15 is 0 Å². The molecule has 1 fully saturated rings. The monoisotopic (exact) mass is 235 g/mol. The molecule has 2 aliphatic rings. The number of hydrogen-bond acceptors (Lipinski definition) is 1. The fourth-order valence-electron chi connectivity index (χ4n) is 2.80. The Kier molecular flexibility index (Phi) is 2.91. The van der Waals surface area contributed by atoms with E-state index in [1.54, 1.807) is 0 Å². The molecule has 1 unspecified atom stereocenters. The minimum Gasteiger partial charge on any atom is -0.310 e. The van der Waals surface area contributed by atoms with Gasteiger partial charge < -0.3 is 5.32 Å². The lowest BCUT2D eigenvalue weighted by atomic mass is 9.85. The van der Waals surface area contributed by atoms with Crippen molar-refractivity contribution in [3.05, 3.63) is 34.3 Å². The molecule has 0 heterocycles. The quantitative estimate of drug-likeness (QED) is 0.842. The van der Waals surface area contributed by atoms with Crippen molar-refractivity contribution >= 4 is 11.6 Å². The van der Waals surface area contributed by atoms with Crippen LogP contribution in [0.15, 0.2) is 18.2 Å². The van der Waals surface area contributed by atoms with Crippen LogP contribution in [0.4, 0.5) is 0 Å². The van der Waals surface area contributed by atoms with Crippen molar-refractivity contribution in [2.24, 2.45) is 5.92 Å². The molecule has 1 saturated carbocycles. The van der Waals surface area contributed by atoms with Crippen molar-refractivity contribution in [3.8, 4) is 0 Å². The highest BCUT2D eigenvalue weighted by molar-refractivity contribution is 6.30. The molecule has 16 heavy (non-hydrogen) atoms. The van der Waals surface area contributed by atoms with Crippen LogP contribution in [0.3, 0.4) is 0 Å². The third-order valence-electron chi connectivity index (χ3n) is 4.06. The van der Waals surface area contributed by atoms with Crippen LogP contribution in [-0.4, -0.2) is 6.54 Å². The predicted octanol–water partition coefficient (Wildman–Crippen LogP) is 3.72. The highest BCUT2D eigenvalue weighted by atomic mass is 35.5. The standard InChI is InChI=1S/C14H18ClN/c15-12-5-6-13-11(8-12)4-7-14(13)16-9-10-2-1-3-10/h5-6,8,10,14,16H,1-4,7,9H2. The minimum atomic E-state index is 0.577. The van der Waals surface area contributed by atoms with Crippen LogP contribution >= 0.6 is 11.6 Å². The topological polar surface area (TPSA) is 12.0 Å². The van der Waals surface area contributed by atoms with E-state index in [0.29, 0.717) is 6.04 Å². The Morgan fingerprint density at radius 2 is 2.12 bits per heavy atom. The molecule has 0 saturated heterocycles. The van der Waals surface area contributed by atoms with Crippen LogP contribution in [0.2, 0.25) is 5.02 Å². The van der Waals surface area contributed by atoms with Crippen molar-refractivity contribution in [3.63, 3.8) is 0 Å². The molecular formula is C14H18ClN. The van der Waals surface area contributed by atoms with Crippen molar-refractivity contribution < 1.29 is 0 Å². The summed E-state index contributed by atoms with van der Waals surface area (Å²) in [6.45, 7) is 1.20. The Balaban J connectivity index is 1.66. The Bertz CT molecular complexity index is 384. The van der Waals surface area contributed by atoms with Gasteiger partial charge in [-0.1, -0.05) is 24.1 Å². The number of nitrogens with one attached hydrogen (secondary N) is 1. The van der Waals surface area contributed by atoms with E-state index in [1.807, 2.05) is 6.07 Å². The molecule has 2 aliphatic carbocycles. The SMILES string of the molecule is Clc1ccc2c(c1)CCC2NCC1CCC1. The number of halogens is 1. The zero-order chi connectivity index (χ0) is 11.0. The van der Waals surface area contributed by atoms with E-state index in [-0.39, 0.29) is 0 Å². The average Bonchev–Trinajstić information content (AvgIpc) is 2.58. The number of hydrogen-bond donors (Lipinski definition) is 1. The molecule has 0 amide bonds. The van der Waals surface area contributed by atoms with E-state index in [4.69, 9.17) is 11.6 Å². The molecule has 1 atom stereocenters. The van der Waals surface area contributed by atoms with E-state index in [2.05, 4.69) is 17.4 Å². The lowest BCUT2D eigenvalue weighted by Gasteiger charge is -2.27. The van der Waals surface area contributed by atoms with Crippen LogP contribution in [0.1, 0.15) is 42.9 Å². The van der Waals surface area contributed by atoms with Gasteiger partial charge in [-0.3, -0.25) is 0 Å². The van der Waals surface area contributed by atoms with Crippen molar-refractivity contribution in [1.29, 1.82) is 0 Å². The van der Waals surface area contributed by atoms with Gasteiger partial charge in [0, 0.05) is 11.1 Å². The van der Waals surface area contributed by atoms with Crippen LogP contribution in [0, 0.1) is 5.92 Å².